The quantitative estimate of drug-likeness (QED) is 0.448. The molecule has 0 radical (unpaired) electrons. The Bertz CT molecular complexity index is 1330. The SMILES string of the molecule is CO[C@]12C[C@](C)(c3nc(-c4cncc(Br)c4)n[nH]3)CN(C)[C@@H]1Cc1c[nH]c3cccc2c13. The molecule has 1 saturated heterocycles. The fourth-order valence-electron chi connectivity index (χ4n) is 6.01. The lowest BCUT2D eigenvalue weighted by Crippen LogP contribution is -2.63. The van der Waals surface area contributed by atoms with Crippen LogP contribution in [0.2, 0.25) is 0 Å². The van der Waals surface area contributed by atoms with E-state index in [-0.39, 0.29) is 11.5 Å². The van der Waals surface area contributed by atoms with Gasteiger partial charge in [0.2, 0.25) is 0 Å². The number of likely N-dealkylation sites (N-methyl/N-ethyl adjacent to an activating group) is 1. The molecule has 1 fully saturated rings. The third-order valence-electron chi connectivity index (χ3n) is 7.36. The lowest BCUT2D eigenvalue weighted by molar-refractivity contribution is -0.131. The normalized spacial score (nSPS) is 27.6. The molecule has 6 rings (SSSR count). The molecule has 8 heteroatoms. The number of hydrogen-bond acceptors (Lipinski definition) is 5. The number of ether oxygens (including phenoxy) is 1. The van der Waals surface area contributed by atoms with Crippen LogP contribution in [0.25, 0.3) is 22.3 Å². The van der Waals surface area contributed by atoms with Gasteiger partial charge < -0.3 is 9.72 Å². The number of nitrogens with zero attached hydrogens (tertiary/aromatic N) is 4. The van der Waals surface area contributed by atoms with Crippen molar-refractivity contribution in [1.82, 2.24) is 30.0 Å². The number of aromatic amines is 2. The Hall–Kier alpha value is -2.55. The Kier molecular flexibility index (Phi) is 4.38. The van der Waals surface area contributed by atoms with Gasteiger partial charge in [-0.15, -0.1) is 0 Å². The predicted octanol–water partition coefficient (Wildman–Crippen LogP) is 4.17. The Balaban J connectivity index is 1.46. The molecular formula is C24H25BrN6O. The highest BCUT2D eigenvalue weighted by Gasteiger charge is 2.56. The summed E-state index contributed by atoms with van der Waals surface area (Å²) >= 11 is 3.49. The van der Waals surface area contributed by atoms with E-state index >= 15 is 0 Å². The minimum atomic E-state index is -0.430. The zero-order chi connectivity index (χ0) is 22.1. The molecule has 4 heterocycles. The van der Waals surface area contributed by atoms with Gasteiger partial charge in [0, 0.05) is 64.6 Å². The first-order valence-electron chi connectivity index (χ1n) is 10.8. The van der Waals surface area contributed by atoms with E-state index in [0.717, 1.165) is 35.2 Å². The average molecular weight is 493 g/mol. The number of piperidine rings is 1. The van der Waals surface area contributed by atoms with E-state index in [0.29, 0.717) is 5.82 Å². The zero-order valence-electron chi connectivity index (χ0n) is 18.3. The second-order valence-corrected chi connectivity index (χ2v) is 10.3. The summed E-state index contributed by atoms with van der Waals surface area (Å²) in [5.41, 5.74) is 3.99. The van der Waals surface area contributed by atoms with E-state index in [1.54, 1.807) is 12.4 Å². The summed E-state index contributed by atoms with van der Waals surface area (Å²) < 4.78 is 7.37. The van der Waals surface area contributed by atoms with Crippen molar-refractivity contribution in [1.29, 1.82) is 0 Å². The summed E-state index contributed by atoms with van der Waals surface area (Å²) in [6.45, 7) is 3.13. The Morgan fingerprint density at radius 1 is 1.28 bits per heavy atom. The fourth-order valence-corrected chi connectivity index (χ4v) is 6.38. The molecular weight excluding hydrogens is 468 g/mol. The monoisotopic (exact) mass is 492 g/mol. The highest BCUT2D eigenvalue weighted by atomic mass is 79.9. The van der Waals surface area contributed by atoms with Crippen molar-refractivity contribution < 1.29 is 4.74 Å². The van der Waals surface area contributed by atoms with Gasteiger partial charge in [-0.3, -0.25) is 15.0 Å². The Morgan fingerprint density at radius 2 is 2.16 bits per heavy atom. The molecule has 0 amide bonds. The highest BCUT2D eigenvalue weighted by molar-refractivity contribution is 9.10. The number of methoxy groups -OCH3 is 1. The Morgan fingerprint density at radius 3 is 2.97 bits per heavy atom. The van der Waals surface area contributed by atoms with Crippen molar-refractivity contribution in [2.75, 3.05) is 20.7 Å². The number of H-pyrrole nitrogens is 2. The van der Waals surface area contributed by atoms with Gasteiger partial charge >= 0.3 is 0 Å². The molecule has 7 nitrogen and oxygen atoms in total. The average Bonchev–Trinajstić information content (AvgIpc) is 3.44. The molecule has 0 spiro atoms. The first-order chi connectivity index (χ1) is 15.4. The summed E-state index contributed by atoms with van der Waals surface area (Å²) in [7, 11) is 4.05. The van der Waals surface area contributed by atoms with Gasteiger partial charge in [0.05, 0.1) is 0 Å². The van der Waals surface area contributed by atoms with Crippen molar-refractivity contribution >= 4 is 26.8 Å². The van der Waals surface area contributed by atoms with Crippen LogP contribution in [-0.4, -0.2) is 56.8 Å². The lowest BCUT2D eigenvalue weighted by Gasteiger charge is -2.55. The molecule has 164 valence electrons. The summed E-state index contributed by atoms with van der Waals surface area (Å²) in [5.74, 6) is 1.53. The van der Waals surface area contributed by atoms with Crippen LogP contribution in [-0.2, 0) is 22.2 Å². The topological polar surface area (TPSA) is 82.7 Å². The third kappa shape index (κ3) is 2.76. The summed E-state index contributed by atoms with van der Waals surface area (Å²) in [6.07, 6.45) is 7.48. The van der Waals surface area contributed by atoms with Gasteiger partial charge in [0.1, 0.15) is 11.4 Å². The molecule has 32 heavy (non-hydrogen) atoms. The van der Waals surface area contributed by atoms with Crippen molar-refractivity contribution in [3.05, 3.63) is 64.3 Å². The summed E-state index contributed by atoms with van der Waals surface area (Å²) in [6, 6.07) is 8.74. The van der Waals surface area contributed by atoms with Crippen LogP contribution in [0.3, 0.4) is 0 Å². The fraction of sp³-hybridized carbons (Fsp3) is 0.375. The third-order valence-corrected chi connectivity index (χ3v) is 7.80. The van der Waals surface area contributed by atoms with Crippen LogP contribution in [0.1, 0.15) is 30.3 Å². The van der Waals surface area contributed by atoms with E-state index in [1.165, 1.54) is 22.0 Å². The maximum atomic E-state index is 6.46. The highest BCUT2D eigenvalue weighted by Crippen LogP contribution is 2.52. The molecule has 1 aliphatic heterocycles. The van der Waals surface area contributed by atoms with Crippen molar-refractivity contribution in [2.45, 2.75) is 36.8 Å². The summed E-state index contributed by atoms with van der Waals surface area (Å²) in [4.78, 5) is 15.1. The minimum Gasteiger partial charge on any atom is -0.372 e. The van der Waals surface area contributed by atoms with Gasteiger partial charge in [-0.1, -0.05) is 19.1 Å². The standard InChI is InChI=1S/C24H25BrN6O/c1-23(22-28-21(29-30-22)15-7-16(25)11-26-9-15)12-24(32-3)17-5-4-6-18-20(17)14(10-27-18)8-19(24)31(2)13-23/h4-7,9-11,19,27H,8,12-13H2,1-3H3,(H,28,29,30)/t19-,23+,24+/m1/s1. The number of fused-ring (bicyclic) bond motifs is 2. The molecule has 3 atom stereocenters. The molecule has 3 aromatic heterocycles. The van der Waals surface area contributed by atoms with E-state index in [9.17, 15) is 0 Å². The maximum absolute atomic E-state index is 6.46. The van der Waals surface area contributed by atoms with Crippen LogP contribution in [0, 0.1) is 0 Å². The second kappa shape index (κ2) is 6.97. The van der Waals surface area contributed by atoms with Crippen LogP contribution in [0.15, 0.2) is 47.3 Å². The van der Waals surface area contributed by atoms with Crippen molar-refractivity contribution in [3.63, 3.8) is 0 Å². The molecule has 0 bridgehead atoms. The molecule has 4 aromatic rings. The molecule has 0 saturated carbocycles. The van der Waals surface area contributed by atoms with Crippen molar-refractivity contribution in [3.8, 4) is 11.4 Å². The zero-order valence-corrected chi connectivity index (χ0v) is 19.9. The van der Waals surface area contributed by atoms with E-state index in [4.69, 9.17) is 9.72 Å². The van der Waals surface area contributed by atoms with E-state index in [2.05, 4.69) is 79.4 Å². The summed E-state index contributed by atoms with van der Waals surface area (Å²) in [5, 5.41) is 9.08. The number of pyridine rings is 1. The predicted molar refractivity (Wildman–Crippen MR) is 126 cm³/mol. The van der Waals surface area contributed by atoms with Crippen molar-refractivity contribution in [2.24, 2.45) is 0 Å². The first kappa shape index (κ1) is 20.1. The maximum Gasteiger partial charge on any atom is 0.182 e. The first-order valence-corrected chi connectivity index (χ1v) is 11.6. The molecule has 1 aliphatic carbocycles. The smallest absolute Gasteiger partial charge is 0.182 e. The van der Waals surface area contributed by atoms with Crippen LogP contribution in [0.5, 0.6) is 0 Å². The van der Waals surface area contributed by atoms with Crippen LogP contribution >= 0.6 is 15.9 Å². The molecule has 0 unspecified atom stereocenters. The van der Waals surface area contributed by atoms with Gasteiger partial charge in [-0.05, 0) is 59.1 Å². The van der Waals surface area contributed by atoms with Gasteiger partial charge in [0.25, 0.3) is 0 Å². The van der Waals surface area contributed by atoms with Crippen LogP contribution < -0.4 is 0 Å². The Labute approximate surface area is 194 Å². The molecule has 1 aromatic carbocycles. The number of halogens is 1. The minimum absolute atomic E-state index is 0.256. The van der Waals surface area contributed by atoms with Gasteiger partial charge in [0.15, 0.2) is 5.82 Å². The number of aromatic nitrogens is 5. The molecule has 2 N–H and O–H groups in total. The molecule has 2 aliphatic rings. The number of rotatable bonds is 3. The van der Waals surface area contributed by atoms with Crippen LogP contribution in [0.4, 0.5) is 0 Å². The number of hydrogen-bond donors (Lipinski definition) is 2. The lowest BCUT2D eigenvalue weighted by atomic mass is 9.63. The van der Waals surface area contributed by atoms with Gasteiger partial charge in [-0.2, -0.15) is 5.10 Å². The van der Waals surface area contributed by atoms with Gasteiger partial charge in [-0.25, -0.2) is 4.98 Å². The second-order valence-electron chi connectivity index (χ2n) is 9.41. The van der Waals surface area contributed by atoms with E-state index < -0.39 is 5.60 Å². The largest absolute Gasteiger partial charge is 0.372 e. The number of likely N-dealkylation sites (tertiary alicyclic amines) is 1. The number of nitrogens with one attached hydrogen (secondary N) is 2. The van der Waals surface area contributed by atoms with E-state index in [1.807, 2.05) is 13.2 Å². The number of benzene rings is 1.